The van der Waals surface area contributed by atoms with Crippen molar-refractivity contribution in [1.29, 1.82) is 0 Å². The van der Waals surface area contributed by atoms with Gasteiger partial charge in [0.15, 0.2) is 0 Å². The number of hydrogen-bond donors (Lipinski definition) is 1. The van der Waals surface area contributed by atoms with Gasteiger partial charge in [-0.25, -0.2) is 0 Å². The van der Waals surface area contributed by atoms with E-state index in [9.17, 15) is 4.79 Å². The summed E-state index contributed by atoms with van der Waals surface area (Å²) in [5, 5.41) is 0. The molecule has 0 radical (unpaired) electrons. The molecule has 20 heavy (non-hydrogen) atoms. The lowest BCUT2D eigenvalue weighted by atomic mass is 10.1. The monoisotopic (exact) mass is 275 g/mol. The number of carbonyl (C=O) groups excluding carboxylic acids is 1. The van der Waals surface area contributed by atoms with Crippen LogP contribution in [0.3, 0.4) is 0 Å². The van der Waals surface area contributed by atoms with E-state index in [0.29, 0.717) is 18.4 Å². The van der Waals surface area contributed by atoms with Crippen LogP contribution in [0.2, 0.25) is 0 Å². The minimum Gasteiger partial charge on any atom is -0.339 e. The summed E-state index contributed by atoms with van der Waals surface area (Å²) in [6.45, 7) is 3.79. The Morgan fingerprint density at radius 2 is 2.00 bits per heavy atom. The van der Waals surface area contributed by atoms with Gasteiger partial charge in [0.25, 0.3) is 0 Å². The maximum Gasteiger partial charge on any atom is 0.239 e. The molecule has 3 unspecified atom stereocenters. The van der Waals surface area contributed by atoms with Crippen LogP contribution >= 0.6 is 0 Å². The molecule has 1 amide bonds. The van der Waals surface area contributed by atoms with Crippen LogP contribution in [0.25, 0.3) is 0 Å². The maximum absolute atomic E-state index is 12.4. The number of likely N-dealkylation sites (tertiary alicyclic amines) is 1. The number of nitrogens with two attached hydrogens (primary N) is 1. The molecule has 0 aliphatic carbocycles. The van der Waals surface area contributed by atoms with Gasteiger partial charge in [-0.05, 0) is 32.0 Å². The molecule has 1 fully saturated rings. The Balaban J connectivity index is 1.95. The third-order valence-corrected chi connectivity index (χ3v) is 4.16. The number of amides is 1. The van der Waals surface area contributed by atoms with Gasteiger partial charge in [-0.3, -0.25) is 4.79 Å². The number of benzene rings is 1. The van der Waals surface area contributed by atoms with Gasteiger partial charge in [-0.2, -0.15) is 0 Å². The largest absolute Gasteiger partial charge is 0.339 e. The fourth-order valence-corrected chi connectivity index (χ4v) is 2.99. The second-order valence-corrected chi connectivity index (χ2v) is 6.05. The predicted octanol–water partition coefficient (Wildman–Crippen LogP) is 0.965. The van der Waals surface area contributed by atoms with Crippen molar-refractivity contribution in [3.05, 3.63) is 35.9 Å². The fraction of sp³-hybridized carbons (Fsp3) is 0.562. The maximum atomic E-state index is 12.4. The molecule has 0 bridgehead atoms. The van der Waals surface area contributed by atoms with Gasteiger partial charge < -0.3 is 15.5 Å². The first-order valence-electron chi connectivity index (χ1n) is 7.23. The molecule has 4 nitrogen and oxygen atoms in total. The minimum atomic E-state index is -0.439. The average Bonchev–Trinajstić information content (AvgIpc) is 2.81. The lowest BCUT2D eigenvalue weighted by Crippen LogP contribution is -2.45. The molecule has 0 saturated carbocycles. The first-order valence-corrected chi connectivity index (χ1v) is 7.23. The Morgan fingerprint density at radius 1 is 1.35 bits per heavy atom. The summed E-state index contributed by atoms with van der Waals surface area (Å²) in [6.07, 6.45) is 0.608. The molecular weight excluding hydrogens is 250 g/mol. The van der Waals surface area contributed by atoms with E-state index in [0.717, 1.165) is 18.7 Å². The zero-order valence-electron chi connectivity index (χ0n) is 12.6. The van der Waals surface area contributed by atoms with E-state index >= 15 is 0 Å². The first-order chi connectivity index (χ1) is 9.49. The molecule has 1 aromatic rings. The molecule has 3 atom stereocenters. The van der Waals surface area contributed by atoms with Gasteiger partial charge in [-0.15, -0.1) is 0 Å². The Kier molecular flexibility index (Phi) is 4.78. The SMILES string of the molecule is CC1CN(C(=O)C(N)Cc2ccccc2)CC1N(C)C. The summed E-state index contributed by atoms with van der Waals surface area (Å²) in [5.74, 6) is 0.572. The van der Waals surface area contributed by atoms with Crippen LogP contribution in [0.15, 0.2) is 30.3 Å². The lowest BCUT2D eigenvalue weighted by Gasteiger charge is -2.23. The van der Waals surface area contributed by atoms with Crippen molar-refractivity contribution in [2.45, 2.75) is 25.4 Å². The summed E-state index contributed by atoms with van der Waals surface area (Å²) in [4.78, 5) is 16.6. The van der Waals surface area contributed by atoms with E-state index < -0.39 is 6.04 Å². The Morgan fingerprint density at radius 3 is 2.55 bits per heavy atom. The molecule has 1 aliphatic heterocycles. The third kappa shape index (κ3) is 3.38. The van der Waals surface area contributed by atoms with Crippen molar-refractivity contribution in [2.24, 2.45) is 11.7 Å². The van der Waals surface area contributed by atoms with E-state index in [-0.39, 0.29) is 5.91 Å². The summed E-state index contributed by atoms with van der Waals surface area (Å²) >= 11 is 0. The molecule has 2 N–H and O–H groups in total. The van der Waals surface area contributed by atoms with Gasteiger partial charge in [0, 0.05) is 19.1 Å². The highest BCUT2D eigenvalue weighted by Crippen LogP contribution is 2.20. The summed E-state index contributed by atoms with van der Waals surface area (Å²) in [7, 11) is 4.14. The summed E-state index contributed by atoms with van der Waals surface area (Å²) in [5.41, 5.74) is 7.21. The summed E-state index contributed by atoms with van der Waals surface area (Å²) < 4.78 is 0. The normalized spacial score (nSPS) is 24.1. The molecule has 0 aromatic heterocycles. The van der Waals surface area contributed by atoms with Crippen LogP contribution in [0, 0.1) is 5.92 Å². The highest BCUT2D eigenvalue weighted by Gasteiger charge is 2.35. The van der Waals surface area contributed by atoms with Crippen molar-refractivity contribution >= 4 is 5.91 Å². The number of nitrogens with zero attached hydrogens (tertiary/aromatic N) is 2. The van der Waals surface area contributed by atoms with Crippen LogP contribution < -0.4 is 5.73 Å². The van der Waals surface area contributed by atoms with Crippen molar-refractivity contribution in [1.82, 2.24) is 9.80 Å². The highest BCUT2D eigenvalue weighted by molar-refractivity contribution is 5.82. The predicted molar refractivity (Wildman–Crippen MR) is 81.3 cm³/mol. The van der Waals surface area contributed by atoms with Crippen LogP contribution in [-0.2, 0) is 11.2 Å². The molecule has 4 heteroatoms. The van der Waals surface area contributed by atoms with Crippen LogP contribution in [0.5, 0.6) is 0 Å². The number of carbonyl (C=O) groups is 1. The first kappa shape index (κ1) is 15.0. The molecule has 1 aliphatic rings. The van der Waals surface area contributed by atoms with Gasteiger partial charge >= 0.3 is 0 Å². The van der Waals surface area contributed by atoms with Crippen molar-refractivity contribution < 1.29 is 4.79 Å². The average molecular weight is 275 g/mol. The van der Waals surface area contributed by atoms with E-state index in [1.54, 1.807) is 0 Å². The van der Waals surface area contributed by atoms with Crippen LogP contribution in [0.1, 0.15) is 12.5 Å². The quantitative estimate of drug-likeness (QED) is 0.890. The Hall–Kier alpha value is -1.39. The van der Waals surface area contributed by atoms with Crippen molar-refractivity contribution in [2.75, 3.05) is 27.2 Å². The molecular formula is C16H25N3O. The molecule has 2 rings (SSSR count). The Labute approximate surface area is 121 Å². The minimum absolute atomic E-state index is 0.0741. The second kappa shape index (κ2) is 6.37. The molecule has 110 valence electrons. The van der Waals surface area contributed by atoms with Gasteiger partial charge in [0.2, 0.25) is 5.91 Å². The van der Waals surface area contributed by atoms with Crippen molar-refractivity contribution in [3.63, 3.8) is 0 Å². The van der Waals surface area contributed by atoms with E-state index in [1.807, 2.05) is 35.2 Å². The Bertz CT molecular complexity index is 446. The molecule has 1 aromatic carbocycles. The standard InChI is InChI=1S/C16H25N3O/c1-12-10-19(11-15(12)18(2)3)16(20)14(17)9-13-7-5-4-6-8-13/h4-8,12,14-15H,9-11,17H2,1-3H3. The van der Waals surface area contributed by atoms with Gasteiger partial charge in [0.05, 0.1) is 6.04 Å². The van der Waals surface area contributed by atoms with Crippen LogP contribution in [0.4, 0.5) is 0 Å². The smallest absolute Gasteiger partial charge is 0.239 e. The molecule has 1 saturated heterocycles. The molecule has 0 spiro atoms. The fourth-order valence-electron chi connectivity index (χ4n) is 2.99. The zero-order valence-corrected chi connectivity index (χ0v) is 12.6. The van der Waals surface area contributed by atoms with Crippen molar-refractivity contribution in [3.8, 4) is 0 Å². The lowest BCUT2D eigenvalue weighted by molar-refractivity contribution is -0.131. The second-order valence-electron chi connectivity index (χ2n) is 6.05. The van der Waals surface area contributed by atoms with Gasteiger partial charge in [-0.1, -0.05) is 37.3 Å². The van der Waals surface area contributed by atoms with Gasteiger partial charge in [0.1, 0.15) is 0 Å². The number of rotatable bonds is 4. The number of hydrogen-bond acceptors (Lipinski definition) is 3. The van der Waals surface area contributed by atoms with E-state index in [2.05, 4.69) is 25.9 Å². The van der Waals surface area contributed by atoms with E-state index in [4.69, 9.17) is 5.73 Å². The molecule has 1 heterocycles. The third-order valence-electron chi connectivity index (χ3n) is 4.16. The topological polar surface area (TPSA) is 49.6 Å². The van der Waals surface area contributed by atoms with E-state index in [1.165, 1.54) is 0 Å². The number of likely N-dealkylation sites (N-methyl/N-ethyl adjacent to an activating group) is 1. The zero-order chi connectivity index (χ0) is 14.7. The van der Waals surface area contributed by atoms with Crippen LogP contribution in [-0.4, -0.2) is 55.0 Å². The highest BCUT2D eigenvalue weighted by atomic mass is 16.2. The summed E-state index contributed by atoms with van der Waals surface area (Å²) in [6, 6.07) is 9.96.